The molecule has 0 amide bonds. The van der Waals surface area contributed by atoms with Gasteiger partial charge in [-0.3, -0.25) is 0 Å². The second-order valence-electron chi connectivity index (χ2n) is 3.50. The third-order valence-electron chi connectivity index (χ3n) is 2.25. The van der Waals surface area contributed by atoms with Crippen molar-refractivity contribution in [2.45, 2.75) is 20.0 Å². The second kappa shape index (κ2) is 5.51. The van der Waals surface area contributed by atoms with Crippen LogP contribution in [0.25, 0.3) is 0 Å². The molecule has 0 saturated heterocycles. The summed E-state index contributed by atoms with van der Waals surface area (Å²) >= 11 is 5.31. The first-order valence-electron chi connectivity index (χ1n) is 4.64. The van der Waals surface area contributed by atoms with Gasteiger partial charge in [0, 0.05) is 17.5 Å². The summed E-state index contributed by atoms with van der Waals surface area (Å²) in [5.74, 6) is -6.18. The molecule has 6 heteroatoms. The molecule has 0 aliphatic rings. The average molecular weight is 269 g/mol. The third kappa shape index (κ3) is 2.61. The van der Waals surface area contributed by atoms with Crippen LogP contribution in [0.4, 0.5) is 17.6 Å². The molecule has 1 aromatic carbocycles. The van der Waals surface area contributed by atoms with Crippen LogP contribution in [0.1, 0.15) is 18.1 Å². The van der Waals surface area contributed by atoms with Crippen molar-refractivity contribution in [3.05, 3.63) is 45.5 Å². The minimum atomic E-state index is -1.58. The van der Waals surface area contributed by atoms with Crippen LogP contribution in [-0.4, -0.2) is 5.11 Å². The van der Waals surface area contributed by atoms with E-state index in [9.17, 15) is 17.6 Å². The summed E-state index contributed by atoms with van der Waals surface area (Å²) in [7, 11) is 0. The zero-order chi connectivity index (χ0) is 13.2. The minimum Gasteiger partial charge on any atom is -0.391 e. The molecule has 0 unspecified atom stereocenters. The molecule has 1 aromatic rings. The number of rotatable bonds is 3. The fraction of sp³-hybridized carbons (Fsp3) is 0.273. The van der Waals surface area contributed by atoms with E-state index < -0.39 is 41.0 Å². The van der Waals surface area contributed by atoms with E-state index in [1.807, 2.05) is 0 Å². The van der Waals surface area contributed by atoms with Gasteiger partial charge in [0.1, 0.15) is 0 Å². The van der Waals surface area contributed by atoms with Crippen molar-refractivity contribution < 1.29 is 22.7 Å². The Hall–Kier alpha value is -1.07. The summed E-state index contributed by atoms with van der Waals surface area (Å²) in [4.78, 5) is 0. The number of aliphatic hydroxyl groups is 1. The molecular weight excluding hydrogens is 260 g/mol. The Balaban J connectivity index is 3.42. The first-order chi connectivity index (χ1) is 7.93. The van der Waals surface area contributed by atoms with E-state index in [0.29, 0.717) is 5.57 Å². The van der Waals surface area contributed by atoms with Crippen LogP contribution < -0.4 is 0 Å². The Morgan fingerprint density at radius 3 is 1.82 bits per heavy atom. The molecule has 0 heterocycles. The lowest BCUT2D eigenvalue weighted by Gasteiger charge is -2.10. The van der Waals surface area contributed by atoms with Gasteiger partial charge in [0.25, 0.3) is 0 Å². The van der Waals surface area contributed by atoms with Gasteiger partial charge >= 0.3 is 0 Å². The first-order valence-corrected chi connectivity index (χ1v) is 5.08. The standard InChI is InChI=1S/C11H9ClF4O/c1-5(3-12)2-6-8(13)10(15)7(4-17)11(16)9(6)14/h3,17H,2,4H2,1H3. The summed E-state index contributed by atoms with van der Waals surface area (Å²) in [5.41, 5.74) is -0.350. The van der Waals surface area contributed by atoms with Crippen molar-refractivity contribution in [1.82, 2.24) is 0 Å². The average Bonchev–Trinajstić information content (AvgIpc) is 2.32. The van der Waals surface area contributed by atoms with Gasteiger partial charge in [-0.05, 0) is 6.92 Å². The van der Waals surface area contributed by atoms with E-state index in [1.165, 1.54) is 6.92 Å². The number of hydrogen-bond donors (Lipinski definition) is 1. The largest absolute Gasteiger partial charge is 0.391 e. The fourth-order valence-corrected chi connectivity index (χ4v) is 1.41. The third-order valence-corrected chi connectivity index (χ3v) is 2.62. The number of hydrogen-bond acceptors (Lipinski definition) is 1. The maximum Gasteiger partial charge on any atom is 0.167 e. The second-order valence-corrected chi connectivity index (χ2v) is 3.72. The van der Waals surface area contributed by atoms with Crippen LogP contribution in [0.3, 0.4) is 0 Å². The molecule has 0 saturated carbocycles. The molecule has 1 N–H and O–H groups in total. The molecule has 17 heavy (non-hydrogen) atoms. The molecule has 0 fully saturated rings. The lowest BCUT2D eigenvalue weighted by Crippen LogP contribution is -2.09. The molecule has 94 valence electrons. The van der Waals surface area contributed by atoms with Gasteiger partial charge < -0.3 is 5.11 Å². The van der Waals surface area contributed by atoms with Crippen LogP contribution in [0.15, 0.2) is 11.1 Å². The van der Waals surface area contributed by atoms with Gasteiger partial charge in [0.15, 0.2) is 23.3 Å². The first kappa shape index (κ1) is 14.0. The summed E-state index contributed by atoms with van der Waals surface area (Å²) in [6.07, 6.45) is -0.347. The molecule has 0 aromatic heterocycles. The highest BCUT2D eigenvalue weighted by Crippen LogP contribution is 2.26. The molecule has 0 radical (unpaired) electrons. The van der Waals surface area contributed by atoms with Crippen molar-refractivity contribution in [2.24, 2.45) is 0 Å². The van der Waals surface area contributed by atoms with Crippen molar-refractivity contribution in [3.63, 3.8) is 0 Å². The Morgan fingerprint density at radius 2 is 1.47 bits per heavy atom. The van der Waals surface area contributed by atoms with Crippen molar-refractivity contribution in [1.29, 1.82) is 0 Å². The summed E-state index contributed by atoms with van der Waals surface area (Å²) in [6.45, 7) is 0.345. The summed E-state index contributed by atoms with van der Waals surface area (Å²) < 4.78 is 53.4. The highest BCUT2D eigenvalue weighted by atomic mass is 35.5. The molecule has 0 spiro atoms. The van der Waals surface area contributed by atoms with Crippen molar-refractivity contribution in [3.8, 4) is 0 Å². The Morgan fingerprint density at radius 1 is 1.06 bits per heavy atom. The Bertz CT molecular complexity index is 442. The van der Waals surface area contributed by atoms with E-state index in [-0.39, 0.29) is 6.42 Å². The van der Waals surface area contributed by atoms with Gasteiger partial charge in [-0.25, -0.2) is 17.6 Å². The maximum absolute atomic E-state index is 13.4. The molecule has 0 atom stereocenters. The highest BCUT2D eigenvalue weighted by Gasteiger charge is 2.24. The summed E-state index contributed by atoms with van der Waals surface area (Å²) in [6, 6.07) is 0. The predicted molar refractivity (Wildman–Crippen MR) is 55.5 cm³/mol. The maximum atomic E-state index is 13.4. The highest BCUT2D eigenvalue weighted by molar-refractivity contribution is 6.25. The van der Waals surface area contributed by atoms with E-state index >= 15 is 0 Å². The Kier molecular flexibility index (Phi) is 4.54. The minimum absolute atomic E-state index is 0.347. The number of benzene rings is 1. The van der Waals surface area contributed by atoms with Crippen LogP contribution in [0, 0.1) is 23.3 Å². The predicted octanol–water partition coefficient (Wildman–Crippen LogP) is 3.42. The monoisotopic (exact) mass is 268 g/mol. The van der Waals surface area contributed by atoms with Crippen molar-refractivity contribution in [2.75, 3.05) is 0 Å². The lowest BCUT2D eigenvalue weighted by molar-refractivity contribution is 0.262. The van der Waals surface area contributed by atoms with Crippen LogP contribution in [0.5, 0.6) is 0 Å². The van der Waals surface area contributed by atoms with E-state index in [4.69, 9.17) is 16.7 Å². The van der Waals surface area contributed by atoms with Crippen molar-refractivity contribution >= 4 is 11.6 Å². The number of allylic oxidation sites excluding steroid dienone is 1. The molecule has 0 bridgehead atoms. The fourth-order valence-electron chi connectivity index (χ4n) is 1.33. The topological polar surface area (TPSA) is 20.2 Å². The van der Waals surface area contributed by atoms with E-state index in [0.717, 1.165) is 5.54 Å². The number of halogens is 5. The van der Waals surface area contributed by atoms with Gasteiger partial charge in [0.2, 0.25) is 0 Å². The quantitative estimate of drug-likeness (QED) is 0.658. The van der Waals surface area contributed by atoms with E-state index in [1.54, 1.807) is 0 Å². The molecule has 1 nitrogen and oxygen atoms in total. The van der Waals surface area contributed by atoms with Gasteiger partial charge in [-0.15, -0.1) is 0 Å². The summed E-state index contributed by atoms with van der Waals surface area (Å²) in [5, 5.41) is 8.62. The molecular formula is C11H9ClF4O. The van der Waals surface area contributed by atoms with Crippen LogP contribution >= 0.6 is 11.6 Å². The zero-order valence-corrected chi connectivity index (χ0v) is 9.58. The Labute approximate surface area is 100 Å². The smallest absolute Gasteiger partial charge is 0.167 e. The molecule has 0 aliphatic carbocycles. The number of aliphatic hydroxyl groups excluding tert-OH is 1. The lowest BCUT2D eigenvalue weighted by atomic mass is 10.0. The molecule has 0 aliphatic heterocycles. The van der Waals surface area contributed by atoms with E-state index in [2.05, 4.69) is 0 Å². The SMILES string of the molecule is CC(=CCl)Cc1c(F)c(F)c(CO)c(F)c1F. The van der Waals surface area contributed by atoms with Crippen LogP contribution in [0.2, 0.25) is 0 Å². The van der Waals surface area contributed by atoms with Gasteiger partial charge in [-0.2, -0.15) is 0 Å². The molecule has 1 rings (SSSR count). The normalized spacial score (nSPS) is 12.1. The zero-order valence-electron chi connectivity index (χ0n) is 8.83. The van der Waals surface area contributed by atoms with Gasteiger partial charge in [0.05, 0.1) is 12.2 Å². The van der Waals surface area contributed by atoms with Gasteiger partial charge in [-0.1, -0.05) is 17.2 Å². The van der Waals surface area contributed by atoms with Crippen LogP contribution in [-0.2, 0) is 13.0 Å².